The molecule has 1 aromatic heterocycles. The number of nitrogens with one attached hydrogen (secondary N) is 1. The molecule has 0 aliphatic rings. The molecule has 0 unspecified atom stereocenters. The van der Waals surface area contributed by atoms with Gasteiger partial charge in [0.1, 0.15) is 29.6 Å². The van der Waals surface area contributed by atoms with Crippen molar-refractivity contribution in [1.29, 1.82) is 0 Å². The van der Waals surface area contributed by atoms with Gasteiger partial charge in [-0.2, -0.15) is 5.10 Å². The van der Waals surface area contributed by atoms with E-state index in [1.165, 1.54) is 12.1 Å². The van der Waals surface area contributed by atoms with Gasteiger partial charge in [-0.05, 0) is 48.5 Å². The minimum atomic E-state index is -0.327. The number of hydrogen-bond donors (Lipinski definition) is 1. The fourth-order valence-corrected chi connectivity index (χ4v) is 2.90. The van der Waals surface area contributed by atoms with Gasteiger partial charge in [-0.25, -0.2) is 9.07 Å². The molecule has 31 heavy (non-hydrogen) atoms. The van der Waals surface area contributed by atoms with Crippen LogP contribution in [0.3, 0.4) is 0 Å². The molecule has 7 heteroatoms. The molecule has 0 saturated carbocycles. The van der Waals surface area contributed by atoms with Gasteiger partial charge in [-0.15, -0.1) is 0 Å². The number of halogens is 1. The number of carbonyl (C=O) groups is 1. The predicted molar refractivity (Wildman–Crippen MR) is 115 cm³/mol. The molecule has 0 aliphatic heterocycles. The minimum Gasteiger partial charge on any atom is -0.485 e. The lowest BCUT2D eigenvalue weighted by Gasteiger charge is -2.12. The first-order valence-electron chi connectivity index (χ1n) is 9.67. The summed E-state index contributed by atoms with van der Waals surface area (Å²) < 4.78 is 26.3. The van der Waals surface area contributed by atoms with Crippen molar-refractivity contribution in [1.82, 2.24) is 9.78 Å². The molecule has 1 amide bonds. The van der Waals surface area contributed by atoms with Crippen LogP contribution in [0.4, 0.5) is 10.1 Å². The first-order chi connectivity index (χ1) is 15.2. The first kappa shape index (κ1) is 20.2. The lowest BCUT2D eigenvalue weighted by molar-refractivity contribution is -0.118. The molecule has 4 rings (SSSR count). The number of carbonyl (C=O) groups excluding carboxylic acids is 1. The van der Waals surface area contributed by atoms with Gasteiger partial charge in [0.25, 0.3) is 5.91 Å². The Balaban J connectivity index is 1.36. The zero-order valence-electron chi connectivity index (χ0n) is 16.6. The Hall–Kier alpha value is -4.13. The quantitative estimate of drug-likeness (QED) is 0.455. The lowest BCUT2D eigenvalue weighted by atomic mass is 10.3. The van der Waals surface area contributed by atoms with Crippen LogP contribution in [0.5, 0.6) is 11.5 Å². The molecule has 1 heterocycles. The second-order valence-electron chi connectivity index (χ2n) is 6.67. The fraction of sp³-hybridized carbons (Fsp3) is 0.0833. The van der Waals surface area contributed by atoms with Gasteiger partial charge in [-0.3, -0.25) is 4.79 Å². The van der Waals surface area contributed by atoms with Crippen LogP contribution in [0.25, 0.3) is 5.69 Å². The number of nitrogens with zero attached hydrogens (tertiary/aromatic N) is 2. The Bertz CT molecular complexity index is 1160. The van der Waals surface area contributed by atoms with Crippen LogP contribution in [0.15, 0.2) is 91.1 Å². The number of aromatic nitrogens is 2. The van der Waals surface area contributed by atoms with E-state index in [-0.39, 0.29) is 24.9 Å². The van der Waals surface area contributed by atoms with Crippen molar-refractivity contribution < 1.29 is 18.7 Å². The Labute approximate surface area is 178 Å². The molecule has 0 fully saturated rings. The molecule has 3 aromatic carbocycles. The number of benzene rings is 3. The van der Waals surface area contributed by atoms with Gasteiger partial charge in [0.15, 0.2) is 6.61 Å². The molecule has 156 valence electrons. The zero-order valence-corrected chi connectivity index (χ0v) is 16.6. The summed E-state index contributed by atoms with van der Waals surface area (Å²) in [5.41, 5.74) is 1.82. The monoisotopic (exact) mass is 417 g/mol. The smallest absolute Gasteiger partial charge is 0.262 e. The summed E-state index contributed by atoms with van der Waals surface area (Å²) >= 11 is 0. The van der Waals surface area contributed by atoms with E-state index >= 15 is 0 Å². The normalized spacial score (nSPS) is 10.5. The number of rotatable bonds is 8. The highest BCUT2D eigenvalue weighted by atomic mass is 19.1. The summed E-state index contributed by atoms with van der Waals surface area (Å²) in [6.45, 7) is 0.0755. The number of ether oxygens (including phenoxy) is 2. The summed E-state index contributed by atoms with van der Waals surface area (Å²) in [5.74, 6) is 0.508. The van der Waals surface area contributed by atoms with Crippen molar-refractivity contribution in [2.45, 2.75) is 6.61 Å². The average molecular weight is 417 g/mol. The van der Waals surface area contributed by atoms with E-state index in [9.17, 15) is 9.18 Å². The second kappa shape index (κ2) is 9.58. The van der Waals surface area contributed by atoms with Gasteiger partial charge in [-0.1, -0.05) is 36.4 Å². The standard InChI is InChI=1S/C24H20FN3O3/c25-18-7-6-8-20(15-18)28-14-13-19(27-28)16-31-23-12-5-4-11-22(23)26-24(29)17-30-21-9-2-1-3-10-21/h1-15H,16-17H2,(H,26,29). The number of hydrogen-bond acceptors (Lipinski definition) is 4. The number of amides is 1. The Morgan fingerprint density at radius 1 is 0.935 bits per heavy atom. The second-order valence-corrected chi connectivity index (χ2v) is 6.67. The van der Waals surface area contributed by atoms with E-state index in [1.807, 2.05) is 24.3 Å². The molecule has 1 N–H and O–H groups in total. The van der Waals surface area contributed by atoms with Gasteiger partial charge >= 0.3 is 0 Å². The molecule has 0 radical (unpaired) electrons. The Kier molecular flexibility index (Phi) is 6.23. The molecule has 4 aromatic rings. The van der Waals surface area contributed by atoms with Crippen LogP contribution < -0.4 is 14.8 Å². The van der Waals surface area contributed by atoms with Crippen molar-refractivity contribution in [3.63, 3.8) is 0 Å². The summed E-state index contributed by atoms with van der Waals surface area (Å²) in [6, 6.07) is 24.2. The van der Waals surface area contributed by atoms with Crippen LogP contribution >= 0.6 is 0 Å². The lowest BCUT2D eigenvalue weighted by Crippen LogP contribution is -2.20. The highest BCUT2D eigenvalue weighted by molar-refractivity contribution is 5.93. The highest BCUT2D eigenvalue weighted by Gasteiger charge is 2.10. The zero-order chi connectivity index (χ0) is 21.5. The third-order valence-electron chi connectivity index (χ3n) is 4.37. The van der Waals surface area contributed by atoms with Crippen LogP contribution in [-0.2, 0) is 11.4 Å². The largest absolute Gasteiger partial charge is 0.485 e. The number of anilines is 1. The SMILES string of the molecule is O=C(COc1ccccc1)Nc1ccccc1OCc1ccn(-c2cccc(F)c2)n1. The molecular weight excluding hydrogens is 397 g/mol. The summed E-state index contributed by atoms with van der Waals surface area (Å²) in [6.07, 6.45) is 1.74. The maximum absolute atomic E-state index is 13.4. The molecular formula is C24H20FN3O3. The Morgan fingerprint density at radius 3 is 2.58 bits per heavy atom. The van der Waals surface area contributed by atoms with Crippen LogP contribution in [0.1, 0.15) is 5.69 Å². The number of para-hydroxylation sites is 3. The van der Waals surface area contributed by atoms with Crippen LogP contribution in [-0.4, -0.2) is 22.3 Å². The van der Waals surface area contributed by atoms with Crippen molar-refractivity contribution in [2.24, 2.45) is 0 Å². The van der Waals surface area contributed by atoms with Crippen LogP contribution in [0.2, 0.25) is 0 Å². The topological polar surface area (TPSA) is 65.4 Å². The molecule has 0 aliphatic carbocycles. The van der Waals surface area contributed by atoms with Crippen molar-refractivity contribution >= 4 is 11.6 Å². The van der Waals surface area contributed by atoms with Gasteiger partial charge in [0, 0.05) is 6.20 Å². The fourth-order valence-electron chi connectivity index (χ4n) is 2.90. The van der Waals surface area contributed by atoms with E-state index < -0.39 is 0 Å². The first-order valence-corrected chi connectivity index (χ1v) is 9.67. The maximum atomic E-state index is 13.4. The summed E-state index contributed by atoms with van der Waals surface area (Å²) in [7, 11) is 0. The van der Waals surface area contributed by atoms with Crippen LogP contribution in [0, 0.1) is 5.82 Å². The predicted octanol–water partition coefficient (Wildman–Crippen LogP) is 4.61. The van der Waals surface area contributed by atoms with Gasteiger partial charge in [0.05, 0.1) is 11.4 Å². The maximum Gasteiger partial charge on any atom is 0.262 e. The van der Waals surface area contributed by atoms with Crippen molar-refractivity contribution in [3.05, 3.63) is 103 Å². The van der Waals surface area contributed by atoms with E-state index in [2.05, 4.69) is 10.4 Å². The molecule has 6 nitrogen and oxygen atoms in total. The minimum absolute atomic E-state index is 0.115. The summed E-state index contributed by atoms with van der Waals surface area (Å²) in [4.78, 5) is 12.3. The Morgan fingerprint density at radius 2 is 1.74 bits per heavy atom. The van der Waals surface area contributed by atoms with Crippen molar-refractivity contribution in [2.75, 3.05) is 11.9 Å². The van der Waals surface area contributed by atoms with Crippen molar-refractivity contribution in [3.8, 4) is 17.2 Å². The van der Waals surface area contributed by atoms with Gasteiger partial charge in [0.2, 0.25) is 0 Å². The molecule has 0 bridgehead atoms. The molecule has 0 spiro atoms. The third-order valence-corrected chi connectivity index (χ3v) is 4.37. The summed E-state index contributed by atoms with van der Waals surface area (Å²) in [5, 5.41) is 7.21. The van der Waals surface area contributed by atoms with Gasteiger partial charge < -0.3 is 14.8 Å². The van der Waals surface area contributed by atoms with E-state index in [0.717, 1.165) is 0 Å². The molecule has 0 atom stereocenters. The average Bonchev–Trinajstić information content (AvgIpc) is 3.27. The molecule has 0 saturated heterocycles. The van der Waals surface area contributed by atoms with E-state index in [4.69, 9.17) is 9.47 Å². The van der Waals surface area contributed by atoms with E-state index in [0.29, 0.717) is 28.6 Å². The third kappa shape index (κ3) is 5.48. The highest BCUT2D eigenvalue weighted by Crippen LogP contribution is 2.24. The van der Waals surface area contributed by atoms with E-state index in [1.54, 1.807) is 59.4 Å².